The van der Waals surface area contributed by atoms with E-state index >= 15 is 0 Å². The molecule has 0 aromatic heterocycles. The smallest absolute Gasteiger partial charge is 0.119 e. The third-order valence-electron chi connectivity index (χ3n) is 2.30. The zero-order chi connectivity index (χ0) is 12.5. The Morgan fingerprint density at radius 3 is 2.59 bits per heavy atom. The van der Waals surface area contributed by atoms with E-state index in [1.807, 2.05) is 31.2 Å². The summed E-state index contributed by atoms with van der Waals surface area (Å²) >= 11 is 0. The van der Waals surface area contributed by atoms with Crippen LogP contribution < -0.4 is 10.1 Å². The number of rotatable bonds is 8. The minimum atomic E-state index is -0.456. The maximum absolute atomic E-state index is 9.43. The number of benzene rings is 1. The first-order chi connectivity index (χ1) is 8.26. The molecule has 1 unspecified atom stereocenters. The van der Waals surface area contributed by atoms with Crippen molar-refractivity contribution in [2.24, 2.45) is 0 Å². The number of hydrogen-bond donors (Lipinski definition) is 2. The van der Waals surface area contributed by atoms with Crippen LogP contribution in [0.3, 0.4) is 0 Å². The van der Waals surface area contributed by atoms with E-state index in [4.69, 9.17) is 9.47 Å². The Bertz CT molecular complexity index is 300. The molecule has 0 radical (unpaired) electrons. The normalized spacial score (nSPS) is 12.4. The lowest BCUT2D eigenvalue weighted by atomic mass is 10.2. The van der Waals surface area contributed by atoms with Crippen molar-refractivity contribution in [1.29, 1.82) is 0 Å². The van der Waals surface area contributed by atoms with Gasteiger partial charge >= 0.3 is 0 Å². The van der Waals surface area contributed by atoms with Crippen molar-refractivity contribution in [2.45, 2.75) is 19.6 Å². The fourth-order valence-corrected chi connectivity index (χ4v) is 1.50. The molecule has 0 fully saturated rings. The summed E-state index contributed by atoms with van der Waals surface area (Å²) in [7, 11) is 1.58. The maximum atomic E-state index is 9.43. The molecule has 96 valence electrons. The molecule has 0 saturated heterocycles. The van der Waals surface area contributed by atoms with E-state index in [2.05, 4.69) is 5.32 Å². The van der Waals surface area contributed by atoms with Gasteiger partial charge in [-0.05, 0) is 24.6 Å². The summed E-state index contributed by atoms with van der Waals surface area (Å²) in [5.41, 5.74) is 1.16. The lowest BCUT2D eigenvalue weighted by molar-refractivity contribution is 0.0644. The molecule has 1 aromatic rings. The Hall–Kier alpha value is -1.10. The monoisotopic (exact) mass is 239 g/mol. The largest absolute Gasteiger partial charge is 0.494 e. The molecule has 1 aromatic carbocycles. The summed E-state index contributed by atoms with van der Waals surface area (Å²) in [6.07, 6.45) is -0.456. The molecule has 2 N–H and O–H groups in total. The van der Waals surface area contributed by atoms with E-state index in [1.165, 1.54) is 0 Å². The van der Waals surface area contributed by atoms with Crippen molar-refractivity contribution >= 4 is 0 Å². The van der Waals surface area contributed by atoms with Crippen LogP contribution in [0.2, 0.25) is 0 Å². The van der Waals surface area contributed by atoms with Gasteiger partial charge in [-0.25, -0.2) is 0 Å². The average molecular weight is 239 g/mol. The van der Waals surface area contributed by atoms with Crippen molar-refractivity contribution in [3.05, 3.63) is 29.8 Å². The number of aliphatic hydroxyl groups is 1. The lowest BCUT2D eigenvalue weighted by Gasteiger charge is -2.11. The number of methoxy groups -OCH3 is 1. The fraction of sp³-hybridized carbons (Fsp3) is 0.538. The minimum absolute atomic E-state index is 0.357. The van der Waals surface area contributed by atoms with Crippen LogP contribution in [0.5, 0.6) is 5.75 Å². The number of aliphatic hydroxyl groups excluding tert-OH is 1. The van der Waals surface area contributed by atoms with Gasteiger partial charge in [-0.15, -0.1) is 0 Å². The molecule has 0 amide bonds. The van der Waals surface area contributed by atoms with E-state index < -0.39 is 6.10 Å². The quantitative estimate of drug-likeness (QED) is 0.715. The first kappa shape index (κ1) is 14.0. The SMILES string of the molecule is CCOc1ccc(CNCC(O)COC)cc1. The van der Waals surface area contributed by atoms with Gasteiger partial charge in [0.15, 0.2) is 0 Å². The topological polar surface area (TPSA) is 50.7 Å². The van der Waals surface area contributed by atoms with Crippen molar-refractivity contribution in [1.82, 2.24) is 5.32 Å². The number of nitrogens with one attached hydrogen (secondary N) is 1. The molecule has 4 nitrogen and oxygen atoms in total. The van der Waals surface area contributed by atoms with Gasteiger partial charge in [-0.1, -0.05) is 12.1 Å². The van der Waals surface area contributed by atoms with Gasteiger partial charge in [0.25, 0.3) is 0 Å². The van der Waals surface area contributed by atoms with E-state index in [-0.39, 0.29) is 0 Å². The highest BCUT2D eigenvalue weighted by atomic mass is 16.5. The Kier molecular flexibility index (Phi) is 6.62. The number of ether oxygens (including phenoxy) is 2. The van der Waals surface area contributed by atoms with E-state index in [0.29, 0.717) is 19.8 Å². The third kappa shape index (κ3) is 5.68. The molecule has 0 spiro atoms. The molecule has 4 heteroatoms. The first-order valence-electron chi connectivity index (χ1n) is 5.85. The van der Waals surface area contributed by atoms with Gasteiger partial charge in [0.1, 0.15) is 5.75 Å². The Morgan fingerprint density at radius 1 is 1.29 bits per heavy atom. The summed E-state index contributed by atoms with van der Waals surface area (Å²) in [6.45, 7) is 4.26. The predicted molar refractivity (Wildman–Crippen MR) is 67.2 cm³/mol. The first-order valence-corrected chi connectivity index (χ1v) is 5.85. The van der Waals surface area contributed by atoms with Gasteiger partial charge < -0.3 is 19.9 Å². The van der Waals surface area contributed by atoms with Gasteiger partial charge in [0, 0.05) is 20.2 Å². The van der Waals surface area contributed by atoms with Crippen LogP contribution >= 0.6 is 0 Å². The van der Waals surface area contributed by atoms with Crippen molar-refractivity contribution < 1.29 is 14.6 Å². The molecule has 17 heavy (non-hydrogen) atoms. The Balaban J connectivity index is 2.27. The van der Waals surface area contributed by atoms with Crippen LogP contribution in [-0.2, 0) is 11.3 Å². The predicted octanol–water partition coefficient (Wildman–Crippen LogP) is 1.18. The summed E-state index contributed by atoms with van der Waals surface area (Å²) in [6, 6.07) is 7.93. The molecular formula is C13H21NO3. The molecule has 0 aliphatic heterocycles. The van der Waals surface area contributed by atoms with Gasteiger partial charge in [-0.3, -0.25) is 0 Å². The summed E-state index contributed by atoms with van der Waals surface area (Å²) in [4.78, 5) is 0. The van der Waals surface area contributed by atoms with Gasteiger partial charge in [0.05, 0.1) is 19.3 Å². The highest BCUT2D eigenvalue weighted by molar-refractivity contribution is 5.27. The van der Waals surface area contributed by atoms with E-state index in [0.717, 1.165) is 17.9 Å². The second-order valence-corrected chi connectivity index (χ2v) is 3.82. The van der Waals surface area contributed by atoms with Crippen LogP contribution in [0, 0.1) is 0 Å². The molecule has 0 saturated carbocycles. The molecule has 0 aliphatic rings. The van der Waals surface area contributed by atoms with Gasteiger partial charge in [-0.2, -0.15) is 0 Å². The van der Waals surface area contributed by atoms with E-state index in [1.54, 1.807) is 7.11 Å². The second kappa shape index (κ2) is 8.06. The number of hydrogen-bond acceptors (Lipinski definition) is 4. The zero-order valence-corrected chi connectivity index (χ0v) is 10.5. The summed E-state index contributed by atoms with van der Waals surface area (Å²) < 4.78 is 10.2. The molecule has 1 rings (SSSR count). The standard InChI is InChI=1S/C13H21NO3/c1-3-17-13-6-4-11(5-7-13)8-14-9-12(15)10-16-2/h4-7,12,14-15H,3,8-10H2,1-2H3. The average Bonchev–Trinajstić information content (AvgIpc) is 2.32. The lowest BCUT2D eigenvalue weighted by Crippen LogP contribution is -2.29. The molecule has 0 bridgehead atoms. The van der Waals surface area contributed by atoms with Crippen molar-refractivity contribution in [3.63, 3.8) is 0 Å². The maximum Gasteiger partial charge on any atom is 0.119 e. The highest BCUT2D eigenvalue weighted by Crippen LogP contribution is 2.11. The van der Waals surface area contributed by atoms with Crippen molar-refractivity contribution in [2.75, 3.05) is 26.9 Å². The summed E-state index contributed by atoms with van der Waals surface area (Å²) in [5.74, 6) is 0.885. The highest BCUT2D eigenvalue weighted by Gasteiger charge is 2.02. The van der Waals surface area contributed by atoms with Crippen LogP contribution in [-0.4, -0.2) is 38.1 Å². The molecular weight excluding hydrogens is 218 g/mol. The fourth-order valence-electron chi connectivity index (χ4n) is 1.50. The van der Waals surface area contributed by atoms with Crippen LogP contribution in [0.4, 0.5) is 0 Å². The minimum Gasteiger partial charge on any atom is -0.494 e. The zero-order valence-electron chi connectivity index (χ0n) is 10.5. The molecule has 1 atom stereocenters. The Morgan fingerprint density at radius 2 is 2.00 bits per heavy atom. The Labute approximate surface area is 103 Å². The van der Waals surface area contributed by atoms with Crippen LogP contribution in [0.15, 0.2) is 24.3 Å². The molecule has 0 aliphatic carbocycles. The van der Waals surface area contributed by atoms with Gasteiger partial charge in [0.2, 0.25) is 0 Å². The van der Waals surface area contributed by atoms with E-state index in [9.17, 15) is 5.11 Å². The molecule has 0 heterocycles. The second-order valence-electron chi connectivity index (χ2n) is 3.82. The van der Waals surface area contributed by atoms with Crippen molar-refractivity contribution in [3.8, 4) is 5.75 Å². The summed E-state index contributed by atoms with van der Waals surface area (Å²) in [5, 5.41) is 12.6. The third-order valence-corrected chi connectivity index (χ3v) is 2.30. The van der Waals surface area contributed by atoms with Crippen LogP contribution in [0.1, 0.15) is 12.5 Å². The van der Waals surface area contributed by atoms with Crippen LogP contribution in [0.25, 0.3) is 0 Å².